The first kappa shape index (κ1) is 12.9. The number of rotatable bonds is 5. The summed E-state index contributed by atoms with van der Waals surface area (Å²) in [6.07, 6.45) is 4.73. The molecule has 0 saturated carbocycles. The van der Waals surface area contributed by atoms with Crippen LogP contribution in [0.5, 0.6) is 0 Å². The maximum Gasteiger partial charge on any atom is 0.159 e. The molecule has 4 heteroatoms. The van der Waals surface area contributed by atoms with Gasteiger partial charge in [-0.2, -0.15) is 0 Å². The topological polar surface area (TPSA) is 34.9 Å². The Morgan fingerprint density at radius 2 is 2.06 bits per heavy atom. The molecule has 2 aromatic rings. The quantitative estimate of drug-likeness (QED) is 0.612. The summed E-state index contributed by atoms with van der Waals surface area (Å²) in [5.41, 5.74) is 0.767. The summed E-state index contributed by atoms with van der Waals surface area (Å²) in [5, 5.41) is 0. The van der Waals surface area contributed by atoms with Crippen LogP contribution in [0.1, 0.15) is 23.1 Å². The number of Topliss-reactive ketones (excluding diaryl/α,β-unsaturated/α-hetero) is 1. The Bertz CT molecular complexity index is 531. The number of benzene rings is 1. The summed E-state index contributed by atoms with van der Waals surface area (Å²) in [7, 11) is 2.01. The number of nitrogens with zero attached hydrogens (tertiary/aromatic N) is 2. The van der Waals surface area contributed by atoms with Crippen molar-refractivity contribution in [3.05, 3.63) is 48.0 Å². The second kappa shape index (κ2) is 5.87. The summed E-state index contributed by atoms with van der Waals surface area (Å²) in [6.45, 7) is 1.59. The van der Waals surface area contributed by atoms with Crippen LogP contribution >= 0.6 is 11.8 Å². The highest BCUT2D eigenvalue weighted by Crippen LogP contribution is 2.19. The van der Waals surface area contributed by atoms with E-state index in [0.29, 0.717) is 0 Å². The van der Waals surface area contributed by atoms with E-state index in [2.05, 4.69) is 4.98 Å². The molecule has 94 valence electrons. The third kappa shape index (κ3) is 3.23. The summed E-state index contributed by atoms with van der Waals surface area (Å²) >= 11 is 1.78. The summed E-state index contributed by atoms with van der Waals surface area (Å²) in [6, 6.07) is 7.76. The average molecular weight is 260 g/mol. The van der Waals surface area contributed by atoms with Gasteiger partial charge in [0.2, 0.25) is 0 Å². The third-order valence-corrected chi connectivity index (χ3v) is 3.79. The largest absolute Gasteiger partial charge is 0.338 e. The predicted molar refractivity (Wildman–Crippen MR) is 74.1 cm³/mol. The van der Waals surface area contributed by atoms with Gasteiger partial charge in [0, 0.05) is 42.1 Å². The van der Waals surface area contributed by atoms with E-state index in [-0.39, 0.29) is 5.78 Å². The molecule has 0 aliphatic carbocycles. The minimum absolute atomic E-state index is 0.111. The minimum atomic E-state index is 0.111. The van der Waals surface area contributed by atoms with Crippen molar-refractivity contribution >= 4 is 17.5 Å². The lowest BCUT2D eigenvalue weighted by Gasteiger charge is -2.03. The lowest BCUT2D eigenvalue weighted by Crippen LogP contribution is -1.98. The molecule has 0 aliphatic rings. The molecular formula is C14H16N2OS. The Hall–Kier alpha value is -1.55. The zero-order chi connectivity index (χ0) is 13.0. The summed E-state index contributed by atoms with van der Waals surface area (Å²) in [5.74, 6) is 2.20. The molecule has 0 fully saturated rings. The van der Waals surface area contributed by atoms with Crippen LogP contribution in [0.25, 0.3) is 0 Å². The van der Waals surface area contributed by atoms with Gasteiger partial charge in [0.15, 0.2) is 5.78 Å². The predicted octanol–water partition coefficient (Wildman–Crippen LogP) is 2.96. The van der Waals surface area contributed by atoms with Crippen LogP contribution in [0.4, 0.5) is 0 Å². The minimum Gasteiger partial charge on any atom is -0.338 e. The van der Waals surface area contributed by atoms with Crippen molar-refractivity contribution < 1.29 is 4.79 Å². The number of thioether (sulfide) groups is 1. The number of hydrogen-bond acceptors (Lipinski definition) is 3. The Morgan fingerprint density at radius 3 is 2.61 bits per heavy atom. The number of ketones is 1. The van der Waals surface area contributed by atoms with Crippen LogP contribution in [0.3, 0.4) is 0 Å². The first-order valence-electron chi connectivity index (χ1n) is 5.87. The fourth-order valence-electron chi connectivity index (χ4n) is 1.68. The SMILES string of the molecule is CC(=O)c1ccc(SCCc2nccn2C)cc1. The van der Waals surface area contributed by atoms with Crippen LogP contribution in [-0.2, 0) is 13.5 Å². The Labute approximate surface area is 111 Å². The Kier molecular flexibility index (Phi) is 4.20. The molecular weight excluding hydrogens is 244 g/mol. The normalized spacial score (nSPS) is 10.6. The Balaban J connectivity index is 1.87. The number of carbonyl (C=O) groups is 1. The van der Waals surface area contributed by atoms with Gasteiger partial charge in [0.05, 0.1) is 0 Å². The fourth-order valence-corrected chi connectivity index (χ4v) is 2.53. The van der Waals surface area contributed by atoms with Crippen molar-refractivity contribution in [3.8, 4) is 0 Å². The molecule has 0 bridgehead atoms. The molecule has 3 nitrogen and oxygen atoms in total. The molecule has 0 atom stereocenters. The van der Waals surface area contributed by atoms with Gasteiger partial charge in [0.25, 0.3) is 0 Å². The van der Waals surface area contributed by atoms with Crippen molar-refractivity contribution in [2.45, 2.75) is 18.2 Å². The molecule has 0 spiro atoms. The lowest BCUT2D eigenvalue weighted by atomic mass is 10.2. The van der Waals surface area contributed by atoms with E-state index in [1.54, 1.807) is 18.7 Å². The van der Waals surface area contributed by atoms with Gasteiger partial charge >= 0.3 is 0 Å². The smallest absolute Gasteiger partial charge is 0.159 e. The summed E-state index contributed by atoms with van der Waals surface area (Å²) in [4.78, 5) is 16.6. The zero-order valence-electron chi connectivity index (χ0n) is 10.6. The van der Waals surface area contributed by atoms with Crippen molar-refractivity contribution in [1.29, 1.82) is 0 Å². The van der Waals surface area contributed by atoms with E-state index in [4.69, 9.17) is 0 Å². The number of carbonyl (C=O) groups excluding carboxylic acids is 1. The number of hydrogen-bond donors (Lipinski definition) is 0. The molecule has 1 aromatic carbocycles. The van der Waals surface area contributed by atoms with E-state index in [9.17, 15) is 4.79 Å². The van der Waals surface area contributed by atoms with Crippen molar-refractivity contribution in [2.75, 3.05) is 5.75 Å². The highest BCUT2D eigenvalue weighted by molar-refractivity contribution is 7.99. The molecule has 0 aliphatic heterocycles. The second-order valence-corrected chi connectivity index (χ2v) is 5.30. The summed E-state index contributed by atoms with van der Waals surface area (Å²) < 4.78 is 2.04. The van der Waals surface area contributed by atoms with Crippen molar-refractivity contribution in [2.24, 2.45) is 7.05 Å². The first-order chi connectivity index (χ1) is 8.66. The van der Waals surface area contributed by atoms with Gasteiger partial charge in [-0.15, -0.1) is 11.8 Å². The molecule has 0 unspecified atom stereocenters. The van der Waals surface area contributed by atoms with E-state index in [0.717, 1.165) is 23.6 Å². The standard InChI is InChI=1S/C14H16N2OS/c1-11(17)12-3-5-13(6-4-12)18-10-7-14-15-8-9-16(14)2/h3-6,8-9H,7,10H2,1-2H3. The Morgan fingerprint density at radius 1 is 1.33 bits per heavy atom. The molecule has 0 saturated heterocycles. The van der Waals surface area contributed by atoms with Gasteiger partial charge in [-0.1, -0.05) is 12.1 Å². The molecule has 0 radical (unpaired) electrons. The average Bonchev–Trinajstić information content (AvgIpc) is 2.76. The van der Waals surface area contributed by atoms with Gasteiger partial charge < -0.3 is 4.57 Å². The number of imidazole rings is 1. The molecule has 0 amide bonds. The third-order valence-electron chi connectivity index (χ3n) is 2.78. The monoisotopic (exact) mass is 260 g/mol. The van der Waals surface area contributed by atoms with E-state index in [1.807, 2.05) is 48.3 Å². The van der Waals surface area contributed by atoms with Gasteiger partial charge in [-0.25, -0.2) is 4.98 Å². The van der Waals surface area contributed by atoms with Crippen LogP contribution in [-0.4, -0.2) is 21.1 Å². The maximum absolute atomic E-state index is 11.1. The lowest BCUT2D eigenvalue weighted by molar-refractivity contribution is 0.101. The van der Waals surface area contributed by atoms with E-state index in [1.165, 1.54) is 4.90 Å². The molecule has 1 heterocycles. The van der Waals surface area contributed by atoms with Gasteiger partial charge in [-0.3, -0.25) is 4.79 Å². The van der Waals surface area contributed by atoms with Crippen molar-refractivity contribution in [3.63, 3.8) is 0 Å². The zero-order valence-corrected chi connectivity index (χ0v) is 11.4. The highest BCUT2D eigenvalue weighted by atomic mass is 32.2. The van der Waals surface area contributed by atoms with E-state index >= 15 is 0 Å². The maximum atomic E-state index is 11.1. The fraction of sp³-hybridized carbons (Fsp3) is 0.286. The van der Waals surface area contributed by atoms with E-state index < -0.39 is 0 Å². The second-order valence-electron chi connectivity index (χ2n) is 4.13. The molecule has 0 N–H and O–H groups in total. The van der Waals surface area contributed by atoms with Crippen LogP contribution in [0.2, 0.25) is 0 Å². The first-order valence-corrected chi connectivity index (χ1v) is 6.85. The molecule has 1 aromatic heterocycles. The highest BCUT2D eigenvalue weighted by Gasteiger charge is 2.01. The molecule has 2 rings (SSSR count). The van der Waals surface area contributed by atoms with Crippen LogP contribution in [0.15, 0.2) is 41.6 Å². The van der Waals surface area contributed by atoms with Gasteiger partial charge in [0.1, 0.15) is 5.82 Å². The van der Waals surface area contributed by atoms with Gasteiger partial charge in [-0.05, 0) is 19.1 Å². The van der Waals surface area contributed by atoms with Crippen molar-refractivity contribution in [1.82, 2.24) is 9.55 Å². The number of aromatic nitrogens is 2. The van der Waals surface area contributed by atoms with Crippen LogP contribution in [0, 0.1) is 0 Å². The number of aryl methyl sites for hydroxylation is 2. The molecule has 18 heavy (non-hydrogen) atoms. The van der Waals surface area contributed by atoms with Crippen LogP contribution < -0.4 is 0 Å².